The SMILES string of the molecule is COC(c1ccccc1)(c1ccccc1)[C@@H]1OB(/C=C/CO[Si](C)(C)C(C)(C)C)O[C@H]1C(OC)(c1ccccc1)c1ccccc1. The van der Waals surface area contributed by atoms with Crippen molar-refractivity contribution in [2.45, 2.75) is 62.3 Å². The highest BCUT2D eigenvalue weighted by molar-refractivity contribution is 6.74. The van der Waals surface area contributed by atoms with E-state index in [-0.39, 0.29) is 5.04 Å². The second-order valence-corrected chi connectivity index (χ2v) is 18.1. The Morgan fingerprint density at radius 3 is 1.22 bits per heavy atom. The summed E-state index contributed by atoms with van der Waals surface area (Å²) in [7, 11) is 0.884. The smallest absolute Gasteiger partial charge is 0.413 e. The fourth-order valence-corrected chi connectivity index (χ4v) is 7.20. The molecule has 240 valence electrons. The first-order valence-corrected chi connectivity index (χ1v) is 18.9. The van der Waals surface area contributed by atoms with Crippen LogP contribution in [0, 0.1) is 0 Å². The molecule has 7 heteroatoms. The number of benzene rings is 4. The number of hydrogen-bond donors (Lipinski definition) is 0. The van der Waals surface area contributed by atoms with Gasteiger partial charge in [-0.1, -0.05) is 154 Å². The largest absolute Gasteiger partial charge is 0.486 e. The van der Waals surface area contributed by atoms with Crippen LogP contribution in [0.1, 0.15) is 43.0 Å². The third-order valence-corrected chi connectivity index (χ3v) is 14.2. The minimum atomic E-state index is -1.93. The lowest BCUT2D eigenvalue weighted by Crippen LogP contribution is -2.56. The zero-order chi connectivity index (χ0) is 32.8. The Balaban J connectivity index is 1.68. The van der Waals surface area contributed by atoms with Gasteiger partial charge in [0.05, 0.1) is 6.61 Å². The van der Waals surface area contributed by atoms with Crippen molar-refractivity contribution >= 4 is 15.4 Å². The van der Waals surface area contributed by atoms with E-state index in [2.05, 4.69) is 82.4 Å². The maximum atomic E-state index is 7.03. The molecule has 5 nitrogen and oxygen atoms in total. The van der Waals surface area contributed by atoms with E-state index in [4.69, 9.17) is 23.2 Å². The number of hydrogen-bond acceptors (Lipinski definition) is 5. The predicted octanol–water partition coefficient (Wildman–Crippen LogP) is 8.56. The summed E-state index contributed by atoms with van der Waals surface area (Å²) in [6, 6.07) is 41.0. The minimum absolute atomic E-state index is 0.115. The van der Waals surface area contributed by atoms with Gasteiger partial charge in [-0.05, 0) is 40.4 Å². The molecule has 0 radical (unpaired) electrons. The van der Waals surface area contributed by atoms with Gasteiger partial charge in [0.25, 0.3) is 0 Å². The van der Waals surface area contributed by atoms with Crippen molar-refractivity contribution in [1.82, 2.24) is 0 Å². The standard InChI is InChI=1S/C39H47BO5Si/c1-37(2,3)46(6,7)43-30-20-29-40-44-35(38(41-4,31-21-12-8-13-22-31)32-23-14-9-15-24-32)36(45-40)39(42-5,33-25-16-10-17-26-33)34-27-18-11-19-28-34/h8-29,35-36H,30H2,1-7H3/b29-20+/t35-,36-/m1/s1. The van der Waals surface area contributed by atoms with Crippen LogP contribution >= 0.6 is 0 Å². The zero-order valence-corrected chi connectivity index (χ0v) is 29.2. The third kappa shape index (κ3) is 6.45. The molecule has 0 aromatic heterocycles. The molecule has 5 rings (SSSR count). The molecule has 0 unspecified atom stereocenters. The van der Waals surface area contributed by atoms with Gasteiger partial charge < -0.3 is 23.2 Å². The Labute approximate surface area is 276 Å². The molecular weight excluding hydrogens is 587 g/mol. The van der Waals surface area contributed by atoms with E-state index in [1.165, 1.54) is 0 Å². The second kappa shape index (κ2) is 14.2. The highest BCUT2D eigenvalue weighted by Gasteiger charge is 2.61. The van der Waals surface area contributed by atoms with Gasteiger partial charge in [0.2, 0.25) is 0 Å². The highest BCUT2D eigenvalue weighted by atomic mass is 28.4. The van der Waals surface area contributed by atoms with Crippen LogP contribution in [0.15, 0.2) is 133 Å². The summed E-state index contributed by atoms with van der Waals surface area (Å²) in [5.41, 5.74) is 1.75. The van der Waals surface area contributed by atoms with Gasteiger partial charge in [-0.25, -0.2) is 0 Å². The van der Waals surface area contributed by atoms with Crippen LogP contribution in [0.5, 0.6) is 0 Å². The number of rotatable bonds is 12. The molecule has 1 fully saturated rings. The third-order valence-electron chi connectivity index (χ3n) is 9.73. The fourth-order valence-electron chi connectivity index (χ4n) is 6.25. The maximum absolute atomic E-state index is 7.03. The Kier molecular flexibility index (Phi) is 10.5. The van der Waals surface area contributed by atoms with E-state index in [0.29, 0.717) is 6.61 Å². The molecule has 1 heterocycles. The molecule has 0 aliphatic carbocycles. The van der Waals surface area contributed by atoms with Crippen LogP contribution in [-0.2, 0) is 34.4 Å². The summed E-state index contributed by atoms with van der Waals surface area (Å²) in [5, 5.41) is 0.115. The van der Waals surface area contributed by atoms with Gasteiger partial charge in [-0.3, -0.25) is 0 Å². The molecule has 4 aromatic rings. The van der Waals surface area contributed by atoms with Crippen LogP contribution < -0.4 is 0 Å². The van der Waals surface area contributed by atoms with Crippen molar-refractivity contribution in [2.24, 2.45) is 0 Å². The molecular formula is C39H47BO5Si. The summed E-state index contributed by atoms with van der Waals surface area (Å²) in [4.78, 5) is 0. The predicted molar refractivity (Wildman–Crippen MR) is 189 cm³/mol. The molecule has 1 aliphatic heterocycles. The van der Waals surface area contributed by atoms with Crippen molar-refractivity contribution in [3.63, 3.8) is 0 Å². The average molecular weight is 635 g/mol. The van der Waals surface area contributed by atoms with E-state index >= 15 is 0 Å². The molecule has 0 spiro atoms. The van der Waals surface area contributed by atoms with E-state index in [9.17, 15) is 0 Å². The first-order valence-electron chi connectivity index (χ1n) is 16.0. The Bertz CT molecular complexity index is 1360. The molecule has 0 amide bonds. The first-order chi connectivity index (χ1) is 22.1. The molecule has 0 bridgehead atoms. The van der Waals surface area contributed by atoms with Gasteiger partial charge >= 0.3 is 7.12 Å². The highest BCUT2D eigenvalue weighted by Crippen LogP contribution is 2.50. The quantitative estimate of drug-likeness (QED) is 0.146. The maximum Gasteiger partial charge on any atom is 0.486 e. The monoisotopic (exact) mass is 634 g/mol. The molecule has 0 N–H and O–H groups in total. The lowest BCUT2D eigenvalue weighted by Gasteiger charge is -2.46. The molecule has 0 saturated carbocycles. The van der Waals surface area contributed by atoms with Gasteiger partial charge in [-0.2, -0.15) is 0 Å². The summed E-state index contributed by atoms with van der Waals surface area (Å²) in [5.74, 6) is 1.97. The van der Waals surface area contributed by atoms with Gasteiger partial charge in [0.15, 0.2) is 8.32 Å². The Morgan fingerprint density at radius 2 is 0.935 bits per heavy atom. The lowest BCUT2D eigenvalue weighted by molar-refractivity contribution is -0.136. The molecule has 2 atom stereocenters. The van der Waals surface area contributed by atoms with Crippen LogP contribution in [0.25, 0.3) is 0 Å². The van der Waals surface area contributed by atoms with Gasteiger partial charge in [0, 0.05) is 14.2 Å². The Hall–Kier alpha value is -3.30. The molecule has 1 aliphatic rings. The van der Waals surface area contributed by atoms with E-state index in [1.807, 2.05) is 84.8 Å². The summed E-state index contributed by atoms with van der Waals surface area (Å²) < 4.78 is 33.9. The minimum Gasteiger partial charge on any atom is -0.413 e. The van der Waals surface area contributed by atoms with Crippen molar-refractivity contribution < 1.29 is 23.2 Å². The average Bonchev–Trinajstić information content (AvgIpc) is 3.50. The van der Waals surface area contributed by atoms with Crippen molar-refractivity contribution in [3.8, 4) is 0 Å². The fraction of sp³-hybridized carbons (Fsp3) is 0.333. The lowest BCUT2D eigenvalue weighted by atomic mass is 9.71. The van der Waals surface area contributed by atoms with Crippen LogP contribution in [0.4, 0.5) is 0 Å². The van der Waals surface area contributed by atoms with Crippen molar-refractivity contribution in [1.29, 1.82) is 0 Å². The summed E-state index contributed by atoms with van der Waals surface area (Å²) >= 11 is 0. The van der Waals surface area contributed by atoms with E-state index in [0.717, 1.165) is 22.3 Å². The van der Waals surface area contributed by atoms with Gasteiger partial charge in [0.1, 0.15) is 23.4 Å². The second-order valence-electron chi connectivity index (χ2n) is 13.3. The van der Waals surface area contributed by atoms with Crippen molar-refractivity contribution in [3.05, 3.63) is 156 Å². The van der Waals surface area contributed by atoms with Gasteiger partial charge in [-0.15, -0.1) is 0 Å². The van der Waals surface area contributed by atoms with E-state index < -0.39 is 38.8 Å². The van der Waals surface area contributed by atoms with Crippen LogP contribution in [-0.4, -0.2) is 48.5 Å². The number of ether oxygens (including phenoxy) is 2. The van der Waals surface area contributed by atoms with Crippen LogP contribution in [0.2, 0.25) is 18.1 Å². The van der Waals surface area contributed by atoms with Crippen LogP contribution in [0.3, 0.4) is 0 Å². The Morgan fingerprint density at radius 1 is 0.609 bits per heavy atom. The molecule has 46 heavy (non-hydrogen) atoms. The molecule has 4 aromatic carbocycles. The van der Waals surface area contributed by atoms with E-state index in [1.54, 1.807) is 14.2 Å². The number of methoxy groups -OCH3 is 2. The zero-order valence-electron chi connectivity index (χ0n) is 28.2. The van der Waals surface area contributed by atoms with Crippen molar-refractivity contribution in [2.75, 3.05) is 20.8 Å². The summed E-state index contributed by atoms with van der Waals surface area (Å²) in [6.45, 7) is 11.7. The normalized spacial score (nSPS) is 17.9. The first kappa shape index (κ1) is 34.0. The topological polar surface area (TPSA) is 46.2 Å². The molecule has 1 saturated heterocycles. The summed E-state index contributed by atoms with van der Waals surface area (Å²) in [6.07, 6.45) is 0.737.